The van der Waals surface area contributed by atoms with E-state index in [1.807, 2.05) is 0 Å². The number of aliphatic hydroxyl groups is 1. The van der Waals surface area contributed by atoms with Crippen molar-refractivity contribution in [1.82, 2.24) is 0 Å². The van der Waals surface area contributed by atoms with Gasteiger partial charge in [0, 0.05) is 5.57 Å². The summed E-state index contributed by atoms with van der Waals surface area (Å²) in [6, 6.07) is 0. The lowest BCUT2D eigenvalue weighted by Gasteiger charge is -1.99. The lowest BCUT2D eigenvalue weighted by Crippen LogP contribution is -2.08. The van der Waals surface area contributed by atoms with Gasteiger partial charge in [-0.3, -0.25) is 0 Å². The molecule has 0 unspecified atom stereocenters. The fourth-order valence-corrected chi connectivity index (χ4v) is 0.262. The fraction of sp³-hybridized carbons (Fsp3) is 0.556. The Labute approximate surface area is 78.2 Å². The van der Waals surface area contributed by atoms with Gasteiger partial charge in [-0.1, -0.05) is 6.58 Å². The van der Waals surface area contributed by atoms with Crippen molar-refractivity contribution in [3.63, 3.8) is 0 Å². The van der Waals surface area contributed by atoms with Gasteiger partial charge in [-0.25, -0.2) is 4.79 Å². The summed E-state index contributed by atoms with van der Waals surface area (Å²) in [6.07, 6.45) is 0. The lowest BCUT2D eigenvalue weighted by molar-refractivity contribution is -0.139. The Kier molecular flexibility index (Phi) is 9.87. The number of Topliss-reactive ketones (excluding diaryl/α,β-unsaturated/α-hetero) is 1. The Morgan fingerprint density at radius 2 is 1.69 bits per heavy atom. The molecule has 0 heterocycles. The van der Waals surface area contributed by atoms with Gasteiger partial charge in [0.25, 0.3) is 0 Å². The minimum atomic E-state index is -0.455. The number of hydrogen-bond donors (Lipinski definition) is 1. The molecule has 4 nitrogen and oxygen atoms in total. The molecular formula is C9H16O4. The molecule has 0 amide bonds. The monoisotopic (exact) mass is 188 g/mol. The van der Waals surface area contributed by atoms with Crippen LogP contribution in [-0.4, -0.2) is 30.1 Å². The average Bonchev–Trinajstić information content (AvgIpc) is 1.98. The minimum Gasteiger partial charge on any atom is -0.460 e. The van der Waals surface area contributed by atoms with Gasteiger partial charge in [0.1, 0.15) is 12.4 Å². The SMILES string of the molecule is C=C(C)C(=O)OCCO.CC(C)=O. The highest BCUT2D eigenvalue weighted by molar-refractivity contribution is 5.86. The standard InChI is InChI=1S/C6H10O3.C3H6O/c1-5(2)6(8)9-4-3-7;1-3(2)4/h7H,1,3-4H2,2H3;1-2H3. The minimum absolute atomic E-state index is 0.0473. The molecular weight excluding hydrogens is 172 g/mol. The van der Waals surface area contributed by atoms with Crippen LogP contribution in [0, 0.1) is 0 Å². The highest BCUT2D eigenvalue weighted by atomic mass is 16.5. The van der Waals surface area contributed by atoms with Crippen molar-refractivity contribution < 1.29 is 19.4 Å². The molecule has 0 aromatic carbocycles. The van der Waals surface area contributed by atoms with Gasteiger partial charge < -0.3 is 14.6 Å². The van der Waals surface area contributed by atoms with Crippen molar-refractivity contribution in [3.05, 3.63) is 12.2 Å². The second-order valence-electron chi connectivity index (χ2n) is 2.55. The zero-order chi connectivity index (χ0) is 10.9. The summed E-state index contributed by atoms with van der Waals surface area (Å²) in [6.45, 7) is 7.87. The molecule has 0 spiro atoms. The molecule has 0 radical (unpaired) electrons. The number of aliphatic hydroxyl groups excluding tert-OH is 1. The third-order valence-electron chi connectivity index (χ3n) is 0.673. The van der Waals surface area contributed by atoms with Crippen LogP contribution in [0.25, 0.3) is 0 Å². The molecule has 1 N–H and O–H groups in total. The van der Waals surface area contributed by atoms with E-state index >= 15 is 0 Å². The number of rotatable bonds is 3. The predicted octanol–water partition coefficient (Wildman–Crippen LogP) is 0.693. The maximum Gasteiger partial charge on any atom is 0.333 e. The first-order valence-corrected chi connectivity index (χ1v) is 3.82. The molecule has 4 heteroatoms. The summed E-state index contributed by atoms with van der Waals surface area (Å²) in [4.78, 5) is 19.9. The predicted molar refractivity (Wildman–Crippen MR) is 49.2 cm³/mol. The van der Waals surface area contributed by atoms with E-state index < -0.39 is 5.97 Å². The van der Waals surface area contributed by atoms with Crippen molar-refractivity contribution in [2.75, 3.05) is 13.2 Å². The maximum atomic E-state index is 10.5. The lowest BCUT2D eigenvalue weighted by atomic mass is 10.4. The van der Waals surface area contributed by atoms with Crippen LogP contribution < -0.4 is 0 Å². The van der Waals surface area contributed by atoms with E-state index in [1.54, 1.807) is 6.92 Å². The zero-order valence-electron chi connectivity index (χ0n) is 8.29. The van der Waals surface area contributed by atoms with Crippen LogP contribution >= 0.6 is 0 Å². The highest BCUT2D eigenvalue weighted by Gasteiger charge is 1.99. The molecule has 0 aromatic rings. The molecule has 0 aliphatic rings. The Morgan fingerprint density at radius 1 is 1.31 bits per heavy atom. The van der Waals surface area contributed by atoms with Gasteiger partial charge in [-0.2, -0.15) is 0 Å². The van der Waals surface area contributed by atoms with E-state index in [0.717, 1.165) is 0 Å². The summed E-state index contributed by atoms with van der Waals surface area (Å²) in [7, 11) is 0. The Balaban J connectivity index is 0. The summed E-state index contributed by atoms with van der Waals surface area (Å²) in [5.41, 5.74) is 0.350. The quantitative estimate of drug-likeness (QED) is 0.523. The summed E-state index contributed by atoms with van der Waals surface area (Å²) in [5.74, 6) is -0.288. The molecule has 0 rings (SSSR count). The molecule has 76 valence electrons. The van der Waals surface area contributed by atoms with E-state index in [9.17, 15) is 9.59 Å². The number of ether oxygens (including phenoxy) is 1. The van der Waals surface area contributed by atoms with Gasteiger partial charge >= 0.3 is 5.97 Å². The van der Waals surface area contributed by atoms with Crippen LogP contribution in [0.5, 0.6) is 0 Å². The molecule has 0 aromatic heterocycles. The largest absolute Gasteiger partial charge is 0.460 e. The van der Waals surface area contributed by atoms with Crippen LogP contribution in [0.1, 0.15) is 20.8 Å². The van der Waals surface area contributed by atoms with Crippen molar-refractivity contribution in [3.8, 4) is 0 Å². The normalized spacial score (nSPS) is 8.00. The molecule has 0 bridgehead atoms. The van der Waals surface area contributed by atoms with Gasteiger partial charge in [-0.15, -0.1) is 0 Å². The number of esters is 1. The first-order valence-electron chi connectivity index (χ1n) is 3.82. The zero-order valence-corrected chi connectivity index (χ0v) is 8.29. The number of carbonyl (C=O) groups excluding carboxylic acids is 2. The van der Waals surface area contributed by atoms with Crippen molar-refractivity contribution in [2.45, 2.75) is 20.8 Å². The van der Waals surface area contributed by atoms with Crippen LogP contribution in [0.15, 0.2) is 12.2 Å². The molecule has 0 fully saturated rings. The Bertz CT molecular complexity index is 180. The first kappa shape index (κ1) is 14.4. The molecule has 0 aliphatic carbocycles. The van der Waals surface area contributed by atoms with Gasteiger partial charge in [0.2, 0.25) is 0 Å². The smallest absolute Gasteiger partial charge is 0.333 e. The number of hydrogen-bond acceptors (Lipinski definition) is 4. The van der Waals surface area contributed by atoms with Crippen LogP contribution in [-0.2, 0) is 14.3 Å². The number of ketones is 1. The molecule has 0 atom stereocenters. The summed E-state index contributed by atoms with van der Waals surface area (Å²) in [5, 5.41) is 8.19. The van der Waals surface area contributed by atoms with Crippen LogP contribution in [0.3, 0.4) is 0 Å². The van der Waals surface area contributed by atoms with E-state index in [0.29, 0.717) is 5.57 Å². The highest BCUT2D eigenvalue weighted by Crippen LogP contribution is 1.89. The van der Waals surface area contributed by atoms with Crippen LogP contribution in [0.2, 0.25) is 0 Å². The van der Waals surface area contributed by atoms with E-state index in [-0.39, 0.29) is 19.0 Å². The molecule has 0 saturated heterocycles. The second kappa shape index (κ2) is 8.93. The Morgan fingerprint density at radius 3 is 1.92 bits per heavy atom. The molecule has 0 aliphatic heterocycles. The first-order chi connectivity index (χ1) is 5.91. The Hall–Kier alpha value is -1.16. The summed E-state index contributed by atoms with van der Waals surface area (Å²) < 4.78 is 4.46. The summed E-state index contributed by atoms with van der Waals surface area (Å²) >= 11 is 0. The van der Waals surface area contributed by atoms with Gasteiger partial charge in [0.15, 0.2) is 0 Å². The van der Waals surface area contributed by atoms with Crippen molar-refractivity contribution in [1.29, 1.82) is 0 Å². The van der Waals surface area contributed by atoms with Gasteiger partial charge in [-0.05, 0) is 20.8 Å². The fourth-order valence-electron chi connectivity index (χ4n) is 0.262. The third-order valence-corrected chi connectivity index (χ3v) is 0.673. The van der Waals surface area contributed by atoms with E-state index in [1.165, 1.54) is 13.8 Å². The van der Waals surface area contributed by atoms with Crippen molar-refractivity contribution >= 4 is 11.8 Å². The van der Waals surface area contributed by atoms with E-state index in [2.05, 4.69) is 11.3 Å². The second-order valence-corrected chi connectivity index (χ2v) is 2.55. The maximum absolute atomic E-state index is 10.5. The van der Waals surface area contributed by atoms with E-state index in [4.69, 9.17) is 5.11 Å². The topological polar surface area (TPSA) is 63.6 Å². The molecule has 13 heavy (non-hydrogen) atoms. The van der Waals surface area contributed by atoms with Crippen LogP contribution in [0.4, 0.5) is 0 Å². The molecule has 0 saturated carbocycles. The van der Waals surface area contributed by atoms with Crippen molar-refractivity contribution in [2.24, 2.45) is 0 Å². The third kappa shape index (κ3) is 18.1. The van der Waals surface area contributed by atoms with Gasteiger partial charge in [0.05, 0.1) is 6.61 Å². The number of carbonyl (C=O) groups is 2. The average molecular weight is 188 g/mol.